The Morgan fingerprint density at radius 1 is 1.46 bits per heavy atom. The Labute approximate surface area is 79.6 Å². The molecule has 0 unspecified atom stereocenters. The van der Waals surface area contributed by atoms with Crippen LogP contribution in [0.3, 0.4) is 0 Å². The van der Waals surface area contributed by atoms with Crippen molar-refractivity contribution in [3.05, 3.63) is 11.6 Å². The third-order valence-electron chi connectivity index (χ3n) is 2.91. The highest BCUT2D eigenvalue weighted by Crippen LogP contribution is 2.51. The topological polar surface area (TPSA) is 37.3 Å². The van der Waals surface area contributed by atoms with E-state index in [1.807, 2.05) is 13.8 Å². The number of aliphatic carboxylic acids is 1. The summed E-state index contributed by atoms with van der Waals surface area (Å²) in [6.45, 7) is 8.31. The fourth-order valence-electron chi connectivity index (χ4n) is 2.16. The Morgan fingerprint density at radius 3 is 2.31 bits per heavy atom. The molecule has 1 N–H and O–H groups in total. The van der Waals surface area contributed by atoms with E-state index in [1.54, 1.807) is 0 Å². The van der Waals surface area contributed by atoms with Crippen LogP contribution in [-0.4, -0.2) is 11.1 Å². The van der Waals surface area contributed by atoms with E-state index in [0.717, 1.165) is 6.42 Å². The van der Waals surface area contributed by atoms with Gasteiger partial charge in [-0.1, -0.05) is 25.5 Å². The number of hydrogen-bond acceptors (Lipinski definition) is 1. The molecule has 0 aromatic rings. The first-order valence-electron chi connectivity index (χ1n) is 4.72. The molecule has 0 saturated heterocycles. The van der Waals surface area contributed by atoms with Crippen LogP contribution in [-0.2, 0) is 4.79 Å². The molecule has 13 heavy (non-hydrogen) atoms. The fraction of sp³-hybridized carbons (Fsp3) is 0.727. The summed E-state index contributed by atoms with van der Waals surface area (Å²) in [5.41, 5.74) is 1.38. The zero-order valence-electron chi connectivity index (χ0n) is 8.79. The van der Waals surface area contributed by atoms with Gasteiger partial charge in [0.15, 0.2) is 0 Å². The fourth-order valence-corrected chi connectivity index (χ4v) is 2.16. The summed E-state index contributed by atoms with van der Waals surface area (Å²) in [7, 11) is 0. The van der Waals surface area contributed by atoms with Crippen molar-refractivity contribution >= 4 is 5.97 Å². The van der Waals surface area contributed by atoms with Gasteiger partial charge < -0.3 is 5.11 Å². The van der Waals surface area contributed by atoms with E-state index in [2.05, 4.69) is 19.9 Å². The van der Waals surface area contributed by atoms with Crippen LogP contribution in [0, 0.1) is 17.3 Å². The molecule has 0 heterocycles. The summed E-state index contributed by atoms with van der Waals surface area (Å²) < 4.78 is 0. The smallest absolute Gasteiger partial charge is 0.307 e. The van der Waals surface area contributed by atoms with E-state index < -0.39 is 5.97 Å². The van der Waals surface area contributed by atoms with Crippen LogP contribution >= 0.6 is 0 Å². The molecule has 1 rings (SSSR count). The van der Waals surface area contributed by atoms with Gasteiger partial charge in [-0.25, -0.2) is 0 Å². The van der Waals surface area contributed by atoms with E-state index in [-0.39, 0.29) is 17.3 Å². The molecule has 2 nitrogen and oxygen atoms in total. The molecule has 2 heteroatoms. The molecule has 1 saturated carbocycles. The minimum atomic E-state index is -0.651. The molecule has 1 aliphatic rings. The quantitative estimate of drug-likeness (QED) is 0.667. The molecule has 0 spiro atoms. The predicted octanol–water partition coefficient (Wildman–Crippen LogP) is 2.70. The van der Waals surface area contributed by atoms with E-state index in [0.29, 0.717) is 0 Å². The Bertz CT molecular complexity index is 247. The normalized spacial score (nSPS) is 30.5. The van der Waals surface area contributed by atoms with Crippen molar-refractivity contribution in [1.29, 1.82) is 0 Å². The van der Waals surface area contributed by atoms with Crippen molar-refractivity contribution in [1.82, 2.24) is 0 Å². The molecule has 1 aliphatic carbocycles. The second-order valence-corrected chi connectivity index (χ2v) is 4.91. The first-order valence-corrected chi connectivity index (χ1v) is 4.72. The third-order valence-corrected chi connectivity index (χ3v) is 2.91. The zero-order valence-corrected chi connectivity index (χ0v) is 8.79. The monoisotopic (exact) mass is 182 g/mol. The summed E-state index contributed by atoms with van der Waals surface area (Å²) in [6, 6.07) is 0. The highest BCUT2D eigenvalue weighted by molar-refractivity contribution is 5.72. The number of carboxylic acid groups (broad SMARTS) is 1. The molecular weight excluding hydrogens is 164 g/mol. The van der Waals surface area contributed by atoms with Gasteiger partial charge in [0.05, 0.1) is 5.92 Å². The number of allylic oxidation sites excluding steroid dienone is 2. The van der Waals surface area contributed by atoms with Crippen molar-refractivity contribution in [3.8, 4) is 0 Å². The second kappa shape index (κ2) is 3.17. The lowest BCUT2D eigenvalue weighted by Crippen LogP contribution is -2.46. The first kappa shape index (κ1) is 10.3. The van der Waals surface area contributed by atoms with E-state index >= 15 is 0 Å². The van der Waals surface area contributed by atoms with Crippen LogP contribution in [0.2, 0.25) is 0 Å². The maximum absolute atomic E-state index is 10.8. The minimum absolute atomic E-state index is 0.162. The standard InChI is InChI=1S/C11H18O2/c1-7(2)5-9-8(10(12)13)6-11(9,3)4/h5,8-9H,6H2,1-4H3,(H,12,13)/t8-,9+/m1/s1. The van der Waals surface area contributed by atoms with Crippen LogP contribution in [0.4, 0.5) is 0 Å². The Balaban J connectivity index is 2.77. The molecular formula is C11H18O2. The van der Waals surface area contributed by atoms with E-state index in [1.165, 1.54) is 5.57 Å². The number of rotatable bonds is 2. The van der Waals surface area contributed by atoms with Crippen LogP contribution in [0.15, 0.2) is 11.6 Å². The molecule has 0 radical (unpaired) electrons. The van der Waals surface area contributed by atoms with Gasteiger partial charge in [-0.2, -0.15) is 0 Å². The van der Waals surface area contributed by atoms with Crippen LogP contribution in [0.25, 0.3) is 0 Å². The SMILES string of the molecule is CC(C)=C[C@H]1[C@H](C(=O)O)CC1(C)C. The summed E-state index contributed by atoms with van der Waals surface area (Å²) in [6.07, 6.45) is 2.90. The van der Waals surface area contributed by atoms with Gasteiger partial charge in [-0.15, -0.1) is 0 Å². The lowest BCUT2D eigenvalue weighted by molar-refractivity contribution is -0.153. The van der Waals surface area contributed by atoms with Crippen LogP contribution in [0.5, 0.6) is 0 Å². The number of hydrogen-bond donors (Lipinski definition) is 1. The van der Waals surface area contributed by atoms with Crippen molar-refractivity contribution in [3.63, 3.8) is 0 Å². The highest BCUT2D eigenvalue weighted by atomic mass is 16.4. The van der Waals surface area contributed by atoms with Crippen LogP contribution in [0.1, 0.15) is 34.1 Å². The summed E-state index contributed by atoms with van der Waals surface area (Å²) in [5, 5.41) is 8.92. The van der Waals surface area contributed by atoms with Crippen molar-refractivity contribution in [2.45, 2.75) is 34.1 Å². The van der Waals surface area contributed by atoms with E-state index in [9.17, 15) is 4.79 Å². The van der Waals surface area contributed by atoms with Gasteiger partial charge in [0.2, 0.25) is 0 Å². The predicted molar refractivity (Wildman–Crippen MR) is 52.4 cm³/mol. The lowest BCUT2D eigenvalue weighted by atomic mass is 9.55. The van der Waals surface area contributed by atoms with Gasteiger partial charge in [0.25, 0.3) is 0 Å². The van der Waals surface area contributed by atoms with Crippen molar-refractivity contribution < 1.29 is 9.90 Å². The summed E-state index contributed by atoms with van der Waals surface area (Å²) in [4.78, 5) is 10.8. The van der Waals surface area contributed by atoms with Crippen molar-refractivity contribution in [2.24, 2.45) is 17.3 Å². The third kappa shape index (κ3) is 1.93. The van der Waals surface area contributed by atoms with Gasteiger partial charge in [0, 0.05) is 0 Å². The molecule has 0 bridgehead atoms. The maximum atomic E-state index is 10.8. The second-order valence-electron chi connectivity index (χ2n) is 4.91. The van der Waals surface area contributed by atoms with Gasteiger partial charge in [-0.3, -0.25) is 4.79 Å². The van der Waals surface area contributed by atoms with Crippen molar-refractivity contribution in [2.75, 3.05) is 0 Å². The summed E-state index contributed by atoms with van der Waals surface area (Å²) in [5.74, 6) is -0.596. The maximum Gasteiger partial charge on any atom is 0.307 e. The molecule has 2 atom stereocenters. The van der Waals surface area contributed by atoms with E-state index in [4.69, 9.17) is 5.11 Å². The molecule has 0 aliphatic heterocycles. The molecule has 1 fully saturated rings. The molecule has 0 amide bonds. The molecule has 74 valence electrons. The van der Waals surface area contributed by atoms with Crippen LogP contribution < -0.4 is 0 Å². The summed E-state index contributed by atoms with van der Waals surface area (Å²) >= 11 is 0. The number of carbonyl (C=O) groups is 1. The van der Waals surface area contributed by atoms with Gasteiger partial charge in [-0.05, 0) is 31.6 Å². The van der Waals surface area contributed by atoms with Gasteiger partial charge >= 0.3 is 5.97 Å². The Morgan fingerprint density at radius 2 is 2.00 bits per heavy atom. The Kier molecular flexibility index (Phi) is 2.51. The Hall–Kier alpha value is -0.790. The zero-order chi connectivity index (χ0) is 10.2. The highest BCUT2D eigenvalue weighted by Gasteiger charge is 2.49. The van der Waals surface area contributed by atoms with Gasteiger partial charge in [0.1, 0.15) is 0 Å². The average Bonchev–Trinajstić information content (AvgIpc) is 1.96. The molecule has 0 aromatic carbocycles. The molecule has 0 aromatic heterocycles. The number of carboxylic acids is 1. The minimum Gasteiger partial charge on any atom is -0.481 e. The largest absolute Gasteiger partial charge is 0.481 e. The average molecular weight is 182 g/mol. The first-order chi connectivity index (χ1) is 5.84. The lowest BCUT2D eigenvalue weighted by Gasteiger charge is -2.48.